The first-order chi connectivity index (χ1) is 9.08. The molecule has 19 heavy (non-hydrogen) atoms. The molecule has 3 N–H and O–H groups in total. The fourth-order valence-electron chi connectivity index (χ4n) is 1.49. The number of nitrogens with zero attached hydrogens (tertiary/aromatic N) is 6. The maximum absolute atomic E-state index is 10.5. The molecule has 0 atom stereocenters. The molecule has 9 nitrogen and oxygen atoms in total. The number of carboxylic acids is 1. The first kappa shape index (κ1) is 13.3. The monoisotopic (exact) mass is 283 g/mol. The molecular formula is C9H13N7O2S. The highest BCUT2D eigenvalue weighted by Gasteiger charge is 2.12. The molecule has 0 aliphatic rings. The van der Waals surface area contributed by atoms with Crippen molar-refractivity contribution in [3.05, 3.63) is 12.2 Å². The highest BCUT2D eigenvalue weighted by atomic mass is 32.2. The number of nitrogen functional groups attached to an aromatic ring is 1. The Labute approximate surface area is 112 Å². The van der Waals surface area contributed by atoms with Crippen LogP contribution in [0.3, 0.4) is 0 Å². The van der Waals surface area contributed by atoms with Gasteiger partial charge < -0.3 is 15.4 Å². The lowest BCUT2D eigenvalue weighted by atomic mass is 10.4. The molecule has 2 aromatic rings. The van der Waals surface area contributed by atoms with Crippen molar-refractivity contribution >= 4 is 23.7 Å². The summed E-state index contributed by atoms with van der Waals surface area (Å²) in [6.45, 7) is 0.521. The molecule has 0 spiro atoms. The molecule has 10 heteroatoms. The number of carbonyl (C=O) groups is 1. The summed E-state index contributed by atoms with van der Waals surface area (Å²) in [4.78, 5) is 10.5. The summed E-state index contributed by atoms with van der Waals surface area (Å²) in [5.74, 6) is 0.0750. The van der Waals surface area contributed by atoms with Crippen LogP contribution in [0.25, 0.3) is 0 Å². The number of rotatable bonds is 6. The second kappa shape index (κ2) is 5.69. The van der Waals surface area contributed by atoms with E-state index in [9.17, 15) is 4.79 Å². The third-order valence-corrected chi connectivity index (χ3v) is 3.39. The predicted molar refractivity (Wildman–Crippen MR) is 67.5 cm³/mol. The molecule has 0 aromatic carbocycles. The van der Waals surface area contributed by atoms with Crippen LogP contribution in [0.4, 0.5) is 5.95 Å². The van der Waals surface area contributed by atoms with Gasteiger partial charge in [-0.05, 0) is 0 Å². The Morgan fingerprint density at radius 1 is 1.47 bits per heavy atom. The van der Waals surface area contributed by atoms with Crippen LogP contribution in [0.2, 0.25) is 0 Å². The van der Waals surface area contributed by atoms with Crippen LogP contribution in [0.5, 0.6) is 0 Å². The number of thioether (sulfide) groups is 1. The zero-order chi connectivity index (χ0) is 13.8. The Kier molecular flexibility index (Phi) is 4.00. The van der Waals surface area contributed by atoms with Gasteiger partial charge in [-0.2, -0.15) is 0 Å². The highest BCUT2D eigenvalue weighted by molar-refractivity contribution is 7.99. The van der Waals surface area contributed by atoms with Gasteiger partial charge in [0.15, 0.2) is 5.16 Å². The van der Waals surface area contributed by atoms with E-state index in [0.29, 0.717) is 18.1 Å². The van der Waals surface area contributed by atoms with Crippen LogP contribution in [-0.4, -0.2) is 46.4 Å². The van der Waals surface area contributed by atoms with E-state index in [2.05, 4.69) is 20.4 Å². The number of nitrogens with two attached hydrogens (primary N) is 1. The van der Waals surface area contributed by atoms with Gasteiger partial charge in [0.05, 0.1) is 5.75 Å². The molecule has 0 aliphatic heterocycles. The number of anilines is 1. The number of aliphatic carboxylic acids is 1. The number of aromatic nitrogens is 6. The molecule has 2 heterocycles. The van der Waals surface area contributed by atoms with E-state index in [1.54, 1.807) is 10.9 Å². The molecule has 0 bridgehead atoms. The minimum Gasteiger partial charge on any atom is -0.481 e. The Bertz CT molecular complexity index is 579. The second-order valence-corrected chi connectivity index (χ2v) is 4.73. The first-order valence-electron chi connectivity index (χ1n) is 5.44. The second-order valence-electron chi connectivity index (χ2n) is 3.78. The molecule has 2 rings (SSSR count). The Hall–Kier alpha value is -2.10. The third kappa shape index (κ3) is 3.22. The van der Waals surface area contributed by atoms with E-state index in [1.165, 1.54) is 0 Å². The lowest BCUT2D eigenvalue weighted by molar-refractivity contribution is -0.133. The molecular weight excluding hydrogens is 270 g/mol. The van der Waals surface area contributed by atoms with E-state index >= 15 is 0 Å². The molecule has 0 saturated carbocycles. The van der Waals surface area contributed by atoms with Crippen LogP contribution >= 0.6 is 11.8 Å². The van der Waals surface area contributed by atoms with Crippen molar-refractivity contribution in [1.29, 1.82) is 0 Å². The van der Waals surface area contributed by atoms with E-state index in [-0.39, 0.29) is 11.7 Å². The summed E-state index contributed by atoms with van der Waals surface area (Å²) < 4.78 is 3.48. The predicted octanol–water partition coefficient (Wildman–Crippen LogP) is -0.592. The molecule has 0 radical (unpaired) electrons. The van der Waals surface area contributed by atoms with Gasteiger partial charge in [0.25, 0.3) is 0 Å². The molecule has 2 aromatic heterocycles. The fourth-order valence-corrected chi connectivity index (χ4v) is 2.18. The van der Waals surface area contributed by atoms with Gasteiger partial charge in [-0.1, -0.05) is 11.8 Å². The molecule has 102 valence electrons. The standard InChI is InChI=1S/C9H13N7O2S/c1-15-5-11-12-6(15)2-3-16-8(10)13-14-9(16)19-4-7(17)18/h5H,2-4H2,1H3,(H2,10,13)(H,17,18). The van der Waals surface area contributed by atoms with Crippen molar-refractivity contribution in [2.45, 2.75) is 18.1 Å². The Morgan fingerprint density at radius 2 is 2.26 bits per heavy atom. The van der Waals surface area contributed by atoms with Gasteiger partial charge in [-0.15, -0.1) is 20.4 Å². The number of aryl methyl sites for hydroxylation is 2. The quantitative estimate of drug-likeness (QED) is 0.674. The number of carboxylic acid groups (broad SMARTS) is 1. The van der Waals surface area contributed by atoms with Gasteiger partial charge >= 0.3 is 5.97 Å². The minimum absolute atomic E-state index is 0.0813. The minimum atomic E-state index is -0.911. The maximum Gasteiger partial charge on any atom is 0.313 e. The van der Waals surface area contributed by atoms with Gasteiger partial charge in [0, 0.05) is 20.0 Å². The average Bonchev–Trinajstić information content (AvgIpc) is 2.91. The number of hydrogen-bond acceptors (Lipinski definition) is 7. The summed E-state index contributed by atoms with van der Waals surface area (Å²) >= 11 is 1.08. The van der Waals surface area contributed by atoms with Crippen LogP contribution in [0.15, 0.2) is 11.5 Å². The average molecular weight is 283 g/mol. The molecule has 0 unspecified atom stereocenters. The van der Waals surface area contributed by atoms with Gasteiger partial charge in [-0.3, -0.25) is 9.36 Å². The van der Waals surface area contributed by atoms with Crippen LogP contribution in [0, 0.1) is 0 Å². The normalized spacial score (nSPS) is 10.8. The lowest BCUT2D eigenvalue weighted by Gasteiger charge is -2.06. The third-order valence-electron chi connectivity index (χ3n) is 2.43. The lowest BCUT2D eigenvalue weighted by Crippen LogP contribution is -2.10. The summed E-state index contributed by atoms with van der Waals surface area (Å²) in [6.07, 6.45) is 2.23. The molecule has 0 fully saturated rings. The van der Waals surface area contributed by atoms with Gasteiger partial charge in [-0.25, -0.2) is 0 Å². The molecule has 0 amide bonds. The topological polar surface area (TPSA) is 125 Å². The summed E-state index contributed by atoms with van der Waals surface area (Å²) in [5.41, 5.74) is 5.71. The van der Waals surface area contributed by atoms with Crippen molar-refractivity contribution < 1.29 is 9.90 Å². The zero-order valence-corrected chi connectivity index (χ0v) is 11.0. The maximum atomic E-state index is 10.5. The van der Waals surface area contributed by atoms with Crippen molar-refractivity contribution in [1.82, 2.24) is 29.5 Å². The summed E-state index contributed by atoms with van der Waals surface area (Å²) in [6, 6.07) is 0. The van der Waals surface area contributed by atoms with E-state index < -0.39 is 5.97 Å². The van der Waals surface area contributed by atoms with Crippen LogP contribution in [0.1, 0.15) is 5.82 Å². The van der Waals surface area contributed by atoms with Crippen molar-refractivity contribution in [2.24, 2.45) is 7.05 Å². The highest BCUT2D eigenvalue weighted by Crippen LogP contribution is 2.18. The van der Waals surface area contributed by atoms with Crippen LogP contribution in [-0.2, 0) is 24.8 Å². The smallest absolute Gasteiger partial charge is 0.313 e. The molecule has 0 saturated heterocycles. The van der Waals surface area contributed by atoms with E-state index in [0.717, 1.165) is 17.6 Å². The summed E-state index contributed by atoms with van der Waals surface area (Å²) in [7, 11) is 1.85. The van der Waals surface area contributed by atoms with E-state index in [4.69, 9.17) is 10.8 Å². The fraction of sp³-hybridized carbons (Fsp3) is 0.444. The first-order valence-corrected chi connectivity index (χ1v) is 6.42. The van der Waals surface area contributed by atoms with Crippen molar-refractivity contribution in [2.75, 3.05) is 11.5 Å². The van der Waals surface area contributed by atoms with Gasteiger partial charge in [0.2, 0.25) is 5.95 Å². The van der Waals surface area contributed by atoms with Crippen molar-refractivity contribution in [3.63, 3.8) is 0 Å². The van der Waals surface area contributed by atoms with E-state index in [1.807, 2.05) is 11.6 Å². The molecule has 0 aliphatic carbocycles. The van der Waals surface area contributed by atoms with Crippen LogP contribution < -0.4 is 5.73 Å². The Balaban J connectivity index is 2.05. The van der Waals surface area contributed by atoms with Crippen molar-refractivity contribution in [3.8, 4) is 0 Å². The Morgan fingerprint density at radius 3 is 2.89 bits per heavy atom. The summed E-state index contributed by atoms with van der Waals surface area (Å²) in [5, 5.41) is 24.5. The number of hydrogen-bond donors (Lipinski definition) is 2. The SMILES string of the molecule is Cn1cnnc1CCn1c(N)nnc1SCC(=O)O. The largest absolute Gasteiger partial charge is 0.481 e. The van der Waals surface area contributed by atoms with Gasteiger partial charge in [0.1, 0.15) is 12.2 Å². The zero-order valence-electron chi connectivity index (χ0n) is 10.2.